The highest BCUT2D eigenvalue weighted by Gasteiger charge is 2.26. The van der Waals surface area contributed by atoms with Crippen molar-refractivity contribution in [1.82, 2.24) is 10.5 Å². The number of unbranched alkanes of at least 4 members (excludes halogenated alkanes) is 2. The van der Waals surface area contributed by atoms with E-state index in [0.717, 1.165) is 29.8 Å². The van der Waals surface area contributed by atoms with Crippen molar-refractivity contribution in [2.24, 2.45) is 0 Å². The van der Waals surface area contributed by atoms with Crippen LogP contribution in [0, 0.1) is 5.82 Å². The summed E-state index contributed by atoms with van der Waals surface area (Å²) >= 11 is 0. The second-order valence-electron chi connectivity index (χ2n) is 9.54. The number of carbonyl (C=O) groups is 1. The van der Waals surface area contributed by atoms with E-state index in [9.17, 15) is 19.4 Å². The number of phenolic OH excluding ortho intramolecular Hbond substituents is 2. The van der Waals surface area contributed by atoms with E-state index in [0.29, 0.717) is 36.1 Å². The molecule has 0 unspecified atom stereocenters. The van der Waals surface area contributed by atoms with E-state index in [-0.39, 0.29) is 34.7 Å². The molecule has 0 aliphatic heterocycles. The fraction of sp³-hybridized carbons (Fsp3) is 0.290. The van der Waals surface area contributed by atoms with Crippen LogP contribution in [0.2, 0.25) is 0 Å². The van der Waals surface area contributed by atoms with Crippen LogP contribution in [0.4, 0.5) is 10.1 Å². The maximum absolute atomic E-state index is 13.3. The van der Waals surface area contributed by atoms with Crippen molar-refractivity contribution >= 4 is 11.6 Å². The van der Waals surface area contributed by atoms with Crippen molar-refractivity contribution in [1.29, 1.82) is 0 Å². The number of aromatic hydroxyl groups is 2. The van der Waals surface area contributed by atoms with Gasteiger partial charge in [0, 0.05) is 12.6 Å². The Hall–Kier alpha value is -4.17. The molecule has 0 spiro atoms. The first kappa shape index (κ1) is 27.9. The van der Waals surface area contributed by atoms with Gasteiger partial charge in [0.2, 0.25) is 0 Å². The summed E-state index contributed by atoms with van der Waals surface area (Å²) in [5.74, 6) is -0.717. The Bertz CT molecular complexity index is 1400. The van der Waals surface area contributed by atoms with Crippen molar-refractivity contribution in [2.75, 3.05) is 13.1 Å². The first-order valence-electron chi connectivity index (χ1n) is 13.4. The van der Waals surface area contributed by atoms with Crippen LogP contribution in [-0.2, 0) is 12.8 Å². The van der Waals surface area contributed by atoms with E-state index in [2.05, 4.69) is 22.7 Å². The molecular formula is C31H35FN3O4+. The molecule has 4 rings (SSSR count). The number of phenols is 2. The molecule has 1 heterocycles. The lowest BCUT2D eigenvalue weighted by Gasteiger charge is -2.11. The number of hydrogen-bond donors (Lipinski definition) is 4. The summed E-state index contributed by atoms with van der Waals surface area (Å²) in [6, 6.07) is 16.9. The predicted octanol–water partition coefficient (Wildman–Crippen LogP) is 5.48. The van der Waals surface area contributed by atoms with Gasteiger partial charge in [-0.2, -0.15) is 0 Å². The molecule has 39 heavy (non-hydrogen) atoms. The smallest absolute Gasteiger partial charge is 0.274 e. The number of amides is 1. The fourth-order valence-electron chi connectivity index (χ4n) is 4.52. The summed E-state index contributed by atoms with van der Waals surface area (Å²) in [5, 5.41) is 30.4. The maximum Gasteiger partial charge on any atom is 0.274 e. The summed E-state index contributed by atoms with van der Waals surface area (Å²) in [5.41, 5.74) is 4.19. The van der Waals surface area contributed by atoms with Crippen LogP contribution in [0.3, 0.4) is 0 Å². The highest BCUT2D eigenvalue weighted by atomic mass is 19.1. The maximum atomic E-state index is 13.3. The molecular weight excluding hydrogens is 497 g/mol. The van der Waals surface area contributed by atoms with Crippen molar-refractivity contribution in [3.05, 3.63) is 83.3 Å². The molecule has 4 aromatic rings. The number of rotatable bonds is 12. The molecule has 0 atom stereocenters. The van der Waals surface area contributed by atoms with E-state index < -0.39 is 0 Å². The molecule has 1 aromatic heterocycles. The summed E-state index contributed by atoms with van der Waals surface area (Å²) in [6.45, 7) is 5.42. The van der Waals surface area contributed by atoms with Crippen molar-refractivity contribution < 1.29 is 29.2 Å². The van der Waals surface area contributed by atoms with Gasteiger partial charge in [0.05, 0.1) is 17.7 Å². The molecule has 204 valence electrons. The zero-order chi connectivity index (χ0) is 27.8. The number of halogens is 1. The fourth-order valence-corrected chi connectivity index (χ4v) is 4.52. The lowest BCUT2D eigenvalue weighted by Crippen LogP contribution is -2.77. The lowest BCUT2D eigenvalue weighted by atomic mass is 9.95. The average molecular weight is 533 g/mol. The topological polar surface area (TPSA) is 112 Å². The van der Waals surface area contributed by atoms with E-state index in [1.165, 1.54) is 31.0 Å². The molecule has 0 aliphatic carbocycles. The van der Waals surface area contributed by atoms with E-state index >= 15 is 0 Å². The van der Waals surface area contributed by atoms with Crippen molar-refractivity contribution in [3.63, 3.8) is 0 Å². The summed E-state index contributed by atoms with van der Waals surface area (Å²) in [4.78, 5) is 12.9. The lowest BCUT2D eigenvalue weighted by molar-refractivity contribution is -0.572. The minimum atomic E-state index is -0.382. The van der Waals surface area contributed by atoms with Crippen LogP contribution < -0.4 is 10.6 Å². The number of benzene rings is 3. The van der Waals surface area contributed by atoms with Gasteiger partial charge < -0.3 is 25.4 Å². The van der Waals surface area contributed by atoms with Gasteiger partial charge in [0.15, 0.2) is 11.5 Å². The van der Waals surface area contributed by atoms with Gasteiger partial charge in [0.1, 0.15) is 23.0 Å². The normalized spacial score (nSPS) is 11.1. The Balaban J connectivity index is 1.69. The Morgan fingerprint density at radius 1 is 0.974 bits per heavy atom. The minimum absolute atomic E-state index is 0.0636. The molecule has 7 nitrogen and oxygen atoms in total. The van der Waals surface area contributed by atoms with Gasteiger partial charge in [-0.3, -0.25) is 4.79 Å². The molecule has 3 aromatic carbocycles. The van der Waals surface area contributed by atoms with Gasteiger partial charge in [-0.05, 0) is 91.8 Å². The number of aryl methyl sites for hydroxylation is 2. The predicted molar refractivity (Wildman–Crippen MR) is 148 cm³/mol. The number of hydrogen-bond acceptors (Lipinski definition) is 5. The zero-order valence-electron chi connectivity index (χ0n) is 22.3. The van der Waals surface area contributed by atoms with E-state index in [1.807, 2.05) is 31.2 Å². The third kappa shape index (κ3) is 6.83. The quantitative estimate of drug-likeness (QED) is 0.143. The van der Waals surface area contributed by atoms with E-state index in [4.69, 9.17) is 4.52 Å². The molecule has 5 N–H and O–H groups in total. The standard InChI is InChI=1S/C31H34FN3O4/c1-3-5-6-17-34-24-15-11-21(12-16-24)28-29(31(38)33-4-2)35-39-30(28)25-18-22(26(36)19-27(25)37)10-7-20-8-13-23(32)14-9-20/h8-9,11-16,18-19,34,36-37H,3-7,10,17H2,1-2H3,(H,33,38)/p+1. The SMILES string of the molecule is CCCCC[NH2+]c1ccc(-c2c(C(=O)NCC)noc2-c2cc(CCc3ccc(F)cc3)c(O)cc2O)cc1. The number of nitrogens with two attached hydrogens (primary N) is 1. The van der Waals surface area contributed by atoms with Crippen LogP contribution in [0.25, 0.3) is 22.5 Å². The first-order chi connectivity index (χ1) is 18.9. The third-order valence-electron chi connectivity index (χ3n) is 6.67. The zero-order valence-corrected chi connectivity index (χ0v) is 22.3. The molecule has 1 amide bonds. The highest BCUT2D eigenvalue weighted by molar-refractivity contribution is 6.02. The molecule has 0 aliphatic rings. The first-order valence-corrected chi connectivity index (χ1v) is 13.4. The van der Waals surface area contributed by atoms with Crippen LogP contribution in [0.5, 0.6) is 11.5 Å². The molecule has 0 radical (unpaired) electrons. The second-order valence-corrected chi connectivity index (χ2v) is 9.54. The van der Waals surface area contributed by atoms with Crippen molar-refractivity contribution in [2.45, 2.75) is 46.0 Å². The van der Waals surface area contributed by atoms with Gasteiger partial charge in [-0.25, -0.2) is 4.39 Å². The summed E-state index contributed by atoms with van der Waals surface area (Å²) in [7, 11) is 0. The number of aromatic nitrogens is 1. The third-order valence-corrected chi connectivity index (χ3v) is 6.67. The van der Waals surface area contributed by atoms with Crippen LogP contribution in [-0.4, -0.2) is 34.4 Å². The van der Waals surface area contributed by atoms with Gasteiger partial charge >= 0.3 is 0 Å². The minimum Gasteiger partial charge on any atom is -0.508 e. The molecule has 8 heteroatoms. The Morgan fingerprint density at radius 3 is 2.41 bits per heavy atom. The van der Waals surface area contributed by atoms with Crippen LogP contribution in [0.1, 0.15) is 54.7 Å². The number of nitrogens with one attached hydrogen (secondary N) is 1. The number of quaternary nitrogens is 1. The highest BCUT2D eigenvalue weighted by Crippen LogP contribution is 2.42. The van der Waals surface area contributed by atoms with Crippen molar-refractivity contribution in [3.8, 4) is 33.9 Å². The second kappa shape index (κ2) is 13.1. The summed E-state index contributed by atoms with van der Waals surface area (Å²) in [6.07, 6.45) is 4.50. The van der Waals surface area contributed by atoms with Gasteiger partial charge in [0.25, 0.3) is 5.91 Å². The van der Waals surface area contributed by atoms with E-state index in [1.54, 1.807) is 18.2 Å². The average Bonchev–Trinajstić information content (AvgIpc) is 3.37. The Kier molecular flexibility index (Phi) is 9.33. The molecule has 0 fully saturated rings. The number of nitrogens with zero attached hydrogens (tertiary/aromatic N) is 1. The van der Waals surface area contributed by atoms with Crippen LogP contribution in [0.15, 0.2) is 65.2 Å². The Morgan fingerprint density at radius 2 is 1.72 bits per heavy atom. The monoisotopic (exact) mass is 532 g/mol. The van der Waals surface area contributed by atoms with Gasteiger partial charge in [-0.15, -0.1) is 0 Å². The Labute approximate surface area is 227 Å². The number of carbonyl (C=O) groups excluding carboxylic acids is 1. The molecule has 0 saturated carbocycles. The largest absolute Gasteiger partial charge is 0.508 e. The summed E-state index contributed by atoms with van der Waals surface area (Å²) < 4.78 is 19.0. The molecule has 0 saturated heterocycles. The van der Waals surface area contributed by atoms with Gasteiger partial charge in [-0.1, -0.05) is 30.6 Å². The molecule has 0 bridgehead atoms. The van der Waals surface area contributed by atoms with Crippen LogP contribution >= 0.6 is 0 Å².